The second-order valence-corrected chi connectivity index (χ2v) is 8.33. The van der Waals surface area contributed by atoms with Crippen LogP contribution in [0.4, 0.5) is 0 Å². The summed E-state index contributed by atoms with van der Waals surface area (Å²) in [5, 5.41) is 51.5. The van der Waals surface area contributed by atoms with E-state index in [2.05, 4.69) is 64.9 Å². The van der Waals surface area contributed by atoms with Crippen LogP contribution >= 0.6 is 0 Å². The van der Waals surface area contributed by atoms with Crippen LogP contribution in [0.3, 0.4) is 0 Å². The first-order valence-corrected chi connectivity index (χ1v) is 8.67. The van der Waals surface area contributed by atoms with Crippen LogP contribution in [0.25, 0.3) is 0 Å². The van der Waals surface area contributed by atoms with E-state index in [-0.39, 0.29) is 0 Å². The third-order valence-corrected chi connectivity index (χ3v) is 4.89. The molecule has 0 radical (unpaired) electrons. The molecule has 19 heteroatoms. The van der Waals surface area contributed by atoms with E-state index >= 15 is 0 Å². The molecular formula is C6Cu4FeN10O4. The van der Waals surface area contributed by atoms with E-state index in [0.29, 0.717) is 0 Å². The minimum atomic E-state index is -6.17. The van der Waals surface area contributed by atoms with Gasteiger partial charge in [-0.15, -0.1) is 0 Å². The van der Waals surface area contributed by atoms with Gasteiger partial charge in [0.25, 0.3) is 0 Å². The first kappa shape index (κ1) is 34.3. The van der Waals surface area contributed by atoms with Gasteiger partial charge in [0.2, 0.25) is 0 Å². The summed E-state index contributed by atoms with van der Waals surface area (Å²) in [6.45, 7) is 0. The third kappa shape index (κ3) is 11.2. The monoisotopic (exact) mass is 584 g/mol. The zero-order chi connectivity index (χ0) is 21.5. The van der Waals surface area contributed by atoms with Crippen LogP contribution in [-0.2, 0) is 75.7 Å². The van der Waals surface area contributed by atoms with Crippen LogP contribution in [0.5, 0.6) is 0 Å². The van der Waals surface area contributed by atoms with Gasteiger partial charge in [0, 0.05) is 0 Å². The summed E-state index contributed by atoms with van der Waals surface area (Å²) in [6, 6.07) is 0. The predicted octanol–water partition coefficient (Wildman–Crippen LogP) is 0.957. The van der Waals surface area contributed by atoms with Crippen molar-refractivity contribution in [1.29, 1.82) is 31.6 Å². The molecule has 0 fully saturated rings. The molecule has 0 aromatic carbocycles. The van der Waals surface area contributed by atoms with Gasteiger partial charge in [0.15, 0.2) is 0 Å². The minimum absolute atomic E-state index is 1.03. The molecule has 0 aromatic heterocycles. The standard InChI is InChI=1S/6CN.4Cu.Fe.4NO/c6*1-2;;;;;;4*1-2/q;;;;;;4*+2;-4;4*-1. The normalized spacial score (nSPS) is 9.20. The first-order valence-electron chi connectivity index (χ1n) is 3.67. The summed E-state index contributed by atoms with van der Waals surface area (Å²) < 4.78 is 7.25. The van der Waals surface area contributed by atoms with E-state index in [9.17, 15) is 0 Å². The summed E-state index contributed by atoms with van der Waals surface area (Å²) in [5.74, 6) is 0. The Kier molecular flexibility index (Phi) is 25.1. The SMILES string of the molecule is N#[C][Fe-4]([C]#N)([C]#N)([C]#N)([C]#N)[C]#N.O=[N][Cu+].O=[N][Cu+].O=[N][Cu+].O=[N][Cu+]. The van der Waals surface area contributed by atoms with E-state index in [1.54, 1.807) is 0 Å². The third-order valence-electron chi connectivity index (χ3n) is 1.19. The van der Waals surface area contributed by atoms with Crippen LogP contribution in [0, 0.1) is 81.0 Å². The first-order chi connectivity index (χ1) is 11.6. The van der Waals surface area contributed by atoms with Crippen LogP contribution in [-0.4, -0.2) is 0 Å². The zero-order valence-electron chi connectivity index (χ0n) is 10.7. The van der Waals surface area contributed by atoms with Crippen molar-refractivity contribution in [2.24, 2.45) is 16.8 Å². The van der Waals surface area contributed by atoms with Crippen molar-refractivity contribution in [3.8, 4) is 29.8 Å². The molecule has 0 unspecified atom stereocenters. The van der Waals surface area contributed by atoms with Crippen molar-refractivity contribution in [2.45, 2.75) is 0 Å². The summed E-state index contributed by atoms with van der Waals surface area (Å²) in [7, 11) is -6.17. The second kappa shape index (κ2) is 18.3. The zero-order valence-corrected chi connectivity index (χ0v) is 15.5. The molecule has 14 nitrogen and oxygen atoms in total. The Hall–Kier alpha value is -2.06. The van der Waals surface area contributed by atoms with Gasteiger partial charge in [-0.2, -0.15) is 0 Å². The number of rotatable bonds is 0. The van der Waals surface area contributed by atoms with Gasteiger partial charge in [-0.05, 0) is 0 Å². The quantitative estimate of drug-likeness (QED) is 0.287. The summed E-state index contributed by atoms with van der Waals surface area (Å²) in [4.78, 5) is 39.6. The molecular weight excluding hydrogens is 586 g/mol. The molecule has 0 bridgehead atoms. The molecule has 0 saturated heterocycles. The molecule has 0 N–H and O–H groups in total. The van der Waals surface area contributed by atoms with E-state index in [1.807, 2.05) is 16.8 Å². The Balaban J connectivity index is -0.0000000909. The Labute approximate surface area is 172 Å². The molecule has 0 aliphatic heterocycles. The molecule has 0 aliphatic rings. The number of nitriles is 6. The van der Waals surface area contributed by atoms with E-state index < -0.39 is 10.7 Å². The Morgan fingerprint density at radius 2 is 0.560 bits per heavy atom. The van der Waals surface area contributed by atoms with Crippen molar-refractivity contribution < 1.29 is 75.7 Å². The fourth-order valence-electron chi connectivity index (χ4n) is 0.265. The van der Waals surface area contributed by atoms with E-state index in [1.165, 1.54) is 0 Å². The second-order valence-electron chi connectivity index (χ2n) is 2.02. The Morgan fingerprint density at radius 3 is 0.560 bits per heavy atom. The van der Waals surface area contributed by atoms with E-state index in [0.717, 1.165) is 29.8 Å². The maximum absolute atomic E-state index is 8.58. The summed E-state index contributed by atoms with van der Waals surface area (Å²) >= 11 is 14.3. The molecule has 0 saturated carbocycles. The van der Waals surface area contributed by atoms with Gasteiger partial charge in [0.1, 0.15) is 0 Å². The number of nitrogens with zero attached hydrogens (tertiary/aromatic N) is 10. The fourth-order valence-corrected chi connectivity index (χ4v) is 1.09. The Morgan fingerprint density at radius 1 is 0.480 bits per heavy atom. The molecule has 25 heavy (non-hydrogen) atoms. The molecule has 0 spiro atoms. The molecule has 0 rings (SSSR count). The molecule has 0 amide bonds. The maximum atomic E-state index is 8.58. The van der Waals surface area contributed by atoms with Crippen molar-refractivity contribution in [1.82, 2.24) is 0 Å². The van der Waals surface area contributed by atoms with Crippen molar-refractivity contribution in [2.75, 3.05) is 0 Å². The molecule has 150 valence electrons. The molecule has 0 aromatic rings. The number of nitroso groups, excluding NO2 is 4. The van der Waals surface area contributed by atoms with Crippen molar-refractivity contribution in [3.63, 3.8) is 0 Å². The van der Waals surface area contributed by atoms with Gasteiger partial charge in [-0.3, -0.25) is 0 Å². The average molecular weight is 586 g/mol. The van der Waals surface area contributed by atoms with Gasteiger partial charge in [0.05, 0.1) is 0 Å². The van der Waals surface area contributed by atoms with Crippen molar-refractivity contribution in [3.05, 3.63) is 19.6 Å². The van der Waals surface area contributed by atoms with Crippen LogP contribution in [0.1, 0.15) is 0 Å². The number of hydrogen-bond acceptors (Lipinski definition) is 14. The number of hydrogen-bond donors (Lipinski definition) is 0. The Bertz CT molecular complexity index is 564. The van der Waals surface area contributed by atoms with Crippen LogP contribution < -0.4 is 0 Å². The summed E-state index contributed by atoms with van der Waals surface area (Å²) in [5.41, 5.74) is 0. The van der Waals surface area contributed by atoms with Gasteiger partial charge in [-0.25, -0.2) is 0 Å². The molecule has 0 aliphatic carbocycles. The summed E-state index contributed by atoms with van der Waals surface area (Å²) in [6.07, 6.45) is 0. The van der Waals surface area contributed by atoms with Crippen molar-refractivity contribution >= 4 is 0 Å². The van der Waals surface area contributed by atoms with Gasteiger partial charge >= 0.3 is 173 Å². The van der Waals surface area contributed by atoms with Crippen LogP contribution in [0.2, 0.25) is 0 Å². The van der Waals surface area contributed by atoms with Crippen LogP contribution in [0.15, 0.2) is 16.8 Å². The average Bonchev–Trinajstić information content (AvgIpc) is 2.63. The van der Waals surface area contributed by atoms with E-state index in [4.69, 9.17) is 51.2 Å². The topological polar surface area (TPSA) is 260 Å². The fraction of sp³-hybridized carbons (Fsp3) is 0. The predicted molar refractivity (Wildman–Crippen MR) is 56.9 cm³/mol. The molecule has 0 heterocycles. The van der Waals surface area contributed by atoms with Gasteiger partial charge in [-0.1, -0.05) is 0 Å². The molecule has 0 atom stereocenters. The van der Waals surface area contributed by atoms with Gasteiger partial charge < -0.3 is 0 Å².